The molecular formula is C22H22BrNO2. The summed E-state index contributed by atoms with van der Waals surface area (Å²) >= 11 is 3.68. The molecule has 0 spiro atoms. The van der Waals surface area contributed by atoms with Gasteiger partial charge < -0.3 is 9.15 Å². The van der Waals surface area contributed by atoms with Gasteiger partial charge in [-0.2, -0.15) is 0 Å². The van der Waals surface area contributed by atoms with E-state index in [1.165, 1.54) is 15.6 Å². The van der Waals surface area contributed by atoms with Gasteiger partial charge in [-0.15, -0.1) is 0 Å². The molecule has 1 saturated heterocycles. The summed E-state index contributed by atoms with van der Waals surface area (Å²) in [7, 11) is 0. The Morgan fingerprint density at radius 1 is 1.19 bits per heavy atom. The van der Waals surface area contributed by atoms with E-state index in [2.05, 4.69) is 76.3 Å². The van der Waals surface area contributed by atoms with Crippen LogP contribution in [-0.4, -0.2) is 30.7 Å². The molecule has 26 heavy (non-hydrogen) atoms. The Hall–Kier alpha value is -1.62. The Bertz CT molecular complexity index is 883. The zero-order valence-electron chi connectivity index (χ0n) is 14.8. The van der Waals surface area contributed by atoms with E-state index >= 15 is 0 Å². The highest BCUT2D eigenvalue weighted by atomic mass is 79.9. The zero-order chi connectivity index (χ0) is 17.7. The standard InChI is InChI=1S/C22H22BrNO2/c1-14-18-11-16-7-8-17(23)12-19(16)24-9-10-25-13-20(24)21(18)22(26-14)15-5-3-2-4-6-15/h2-8,12,16,19-20H,9-11,13H2,1H3/t16?,19?,20-/m0/s1. The molecule has 134 valence electrons. The Morgan fingerprint density at radius 3 is 2.88 bits per heavy atom. The molecular weight excluding hydrogens is 390 g/mol. The highest BCUT2D eigenvalue weighted by molar-refractivity contribution is 9.11. The molecule has 2 aromatic rings. The van der Waals surface area contributed by atoms with E-state index in [9.17, 15) is 0 Å². The van der Waals surface area contributed by atoms with Crippen molar-refractivity contribution in [2.24, 2.45) is 5.92 Å². The van der Waals surface area contributed by atoms with Crippen LogP contribution < -0.4 is 0 Å². The number of hydrogen-bond acceptors (Lipinski definition) is 3. The summed E-state index contributed by atoms with van der Waals surface area (Å²) in [4.78, 5) is 2.62. The van der Waals surface area contributed by atoms with Crippen LogP contribution in [0.1, 0.15) is 22.9 Å². The van der Waals surface area contributed by atoms with Gasteiger partial charge in [-0.05, 0) is 18.9 Å². The Morgan fingerprint density at radius 2 is 2.04 bits per heavy atom. The van der Waals surface area contributed by atoms with Gasteiger partial charge in [0.1, 0.15) is 11.5 Å². The van der Waals surface area contributed by atoms with Crippen LogP contribution in [-0.2, 0) is 11.2 Å². The first-order chi connectivity index (χ1) is 12.7. The van der Waals surface area contributed by atoms with Crippen molar-refractivity contribution in [1.82, 2.24) is 4.90 Å². The van der Waals surface area contributed by atoms with Crippen LogP contribution in [0.4, 0.5) is 0 Å². The van der Waals surface area contributed by atoms with Gasteiger partial charge >= 0.3 is 0 Å². The molecule has 1 aliphatic carbocycles. The number of nitrogens with zero attached hydrogens (tertiary/aromatic N) is 1. The first kappa shape index (κ1) is 16.5. The van der Waals surface area contributed by atoms with Gasteiger partial charge in [0.2, 0.25) is 0 Å². The molecule has 0 saturated carbocycles. The number of benzene rings is 1. The molecule has 4 heteroatoms. The number of fused-ring (bicyclic) bond motifs is 5. The monoisotopic (exact) mass is 411 g/mol. The molecule has 0 radical (unpaired) electrons. The maximum Gasteiger partial charge on any atom is 0.139 e. The van der Waals surface area contributed by atoms with Gasteiger partial charge in [0.05, 0.1) is 19.3 Å². The second-order valence-electron chi connectivity index (χ2n) is 7.34. The van der Waals surface area contributed by atoms with Gasteiger partial charge in [0.25, 0.3) is 0 Å². The van der Waals surface area contributed by atoms with Crippen molar-refractivity contribution in [3.63, 3.8) is 0 Å². The molecule has 5 rings (SSSR count). The summed E-state index contributed by atoms with van der Waals surface area (Å²) in [5.41, 5.74) is 3.85. The molecule has 0 amide bonds. The highest BCUT2D eigenvalue weighted by Crippen LogP contribution is 2.45. The lowest BCUT2D eigenvalue weighted by molar-refractivity contribution is -0.0255. The average Bonchev–Trinajstić information content (AvgIpc) is 2.92. The second kappa shape index (κ2) is 6.52. The van der Waals surface area contributed by atoms with Crippen LogP contribution >= 0.6 is 15.9 Å². The number of halogens is 1. The minimum absolute atomic E-state index is 0.240. The van der Waals surface area contributed by atoms with Crippen molar-refractivity contribution < 1.29 is 9.15 Å². The molecule has 1 fully saturated rings. The van der Waals surface area contributed by atoms with Crippen molar-refractivity contribution in [1.29, 1.82) is 0 Å². The van der Waals surface area contributed by atoms with E-state index < -0.39 is 0 Å². The summed E-state index contributed by atoms with van der Waals surface area (Å²) in [5.74, 6) is 2.54. The number of morpholine rings is 1. The average molecular weight is 412 g/mol. The number of furan rings is 1. The van der Waals surface area contributed by atoms with Crippen LogP contribution in [0.5, 0.6) is 0 Å². The number of allylic oxidation sites excluding steroid dienone is 2. The number of ether oxygens (including phenoxy) is 1. The topological polar surface area (TPSA) is 25.6 Å². The molecule has 1 aromatic heterocycles. The Kier molecular flexibility index (Phi) is 4.15. The molecule has 3 heterocycles. The minimum Gasteiger partial charge on any atom is -0.461 e. The Balaban J connectivity index is 1.69. The third-order valence-corrected chi connectivity index (χ3v) is 6.41. The van der Waals surface area contributed by atoms with Crippen LogP contribution in [0, 0.1) is 12.8 Å². The predicted molar refractivity (Wildman–Crippen MR) is 106 cm³/mol. The fraction of sp³-hybridized carbons (Fsp3) is 0.364. The van der Waals surface area contributed by atoms with Gasteiger partial charge in [-0.3, -0.25) is 4.90 Å². The van der Waals surface area contributed by atoms with Gasteiger partial charge in [-0.1, -0.05) is 64.5 Å². The largest absolute Gasteiger partial charge is 0.461 e. The maximum absolute atomic E-state index is 6.33. The summed E-state index contributed by atoms with van der Waals surface area (Å²) < 4.78 is 13.4. The summed E-state index contributed by atoms with van der Waals surface area (Å²) in [5, 5.41) is 0. The maximum atomic E-state index is 6.33. The van der Waals surface area contributed by atoms with Crippen LogP contribution in [0.15, 0.2) is 57.5 Å². The molecule has 0 bridgehead atoms. The lowest BCUT2D eigenvalue weighted by Crippen LogP contribution is -2.47. The van der Waals surface area contributed by atoms with E-state index in [1.54, 1.807) is 0 Å². The van der Waals surface area contributed by atoms with E-state index in [0.717, 1.165) is 43.3 Å². The zero-order valence-corrected chi connectivity index (χ0v) is 16.4. The molecule has 3 nitrogen and oxygen atoms in total. The van der Waals surface area contributed by atoms with Gasteiger partial charge in [0.15, 0.2) is 0 Å². The first-order valence-electron chi connectivity index (χ1n) is 9.29. The smallest absolute Gasteiger partial charge is 0.139 e. The fourth-order valence-corrected chi connectivity index (χ4v) is 5.09. The Labute approximate surface area is 162 Å². The molecule has 3 aliphatic rings. The van der Waals surface area contributed by atoms with Gasteiger partial charge in [0, 0.05) is 34.1 Å². The van der Waals surface area contributed by atoms with Crippen LogP contribution in [0.2, 0.25) is 0 Å². The van der Waals surface area contributed by atoms with E-state index in [0.29, 0.717) is 12.0 Å². The molecule has 0 N–H and O–H groups in total. The molecule has 2 aliphatic heterocycles. The van der Waals surface area contributed by atoms with Crippen molar-refractivity contribution in [2.75, 3.05) is 19.8 Å². The quantitative estimate of drug-likeness (QED) is 0.658. The minimum atomic E-state index is 0.240. The lowest BCUT2D eigenvalue weighted by atomic mass is 9.88. The summed E-state index contributed by atoms with van der Waals surface area (Å²) in [6.07, 6.45) is 7.92. The number of rotatable bonds is 1. The van der Waals surface area contributed by atoms with Crippen LogP contribution in [0.25, 0.3) is 11.3 Å². The highest BCUT2D eigenvalue weighted by Gasteiger charge is 2.41. The van der Waals surface area contributed by atoms with E-state index in [1.807, 2.05) is 0 Å². The number of aryl methyl sites for hydroxylation is 1. The van der Waals surface area contributed by atoms with Gasteiger partial charge in [-0.25, -0.2) is 0 Å². The SMILES string of the molecule is Cc1oc(-c2ccccc2)c2c1CC1C=CC(Br)=CC1N1CCOC[C@@H]21. The number of hydrogen-bond donors (Lipinski definition) is 0. The fourth-order valence-electron chi connectivity index (χ4n) is 4.67. The van der Waals surface area contributed by atoms with Crippen molar-refractivity contribution in [3.8, 4) is 11.3 Å². The molecule has 1 aromatic carbocycles. The summed E-state index contributed by atoms with van der Waals surface area (Å²) in [6, 6.07) is 11.1. The normalized spacial score (nSPS) is 27.9. The predicted octanol–water partition coefficient (Wildman–Crippen LogP) is 5.02. The van der Waals surface area contributed by atoms with Crippen molar-refractivity contribution in [3.05, 3.63) is 69.9 Å². The van der Waals surface area contributed by atoms with Crippen molar-refractivity contribution in [2.45, 2.75) is 25.4 Å². The van der Waals surface area contributed by atoms with Crippen LogP contribution in [0.3, 0.4) is 0 Å². The lowest BCUT2D eigenvalue weighted by Gasteiger charge is -2.41. The molecule has 2 unspecified atom stereocenters. The van der Waals surface area contributed by atoms with Crippen molar-refractivity contribution >= 4 is 15.9 Å². The van der Waals surface area contributed by atoms with E-state index in [-0.39, 0.29) is 6.04 Å². The first-order valence-corrected chi connectivity index (χ1v) is 10.1. The summed E-state index contributed by atoms with van der Waals surface area (Å²) in [6.45, 7) is 4.58. The van der Waals surface area contributed by atoms with E-state index in [4.69, 9.17) is 9.15 Å². The third kappa shape index (κ3) is 2.63. The molecule has 3 atom stereocenters. The second-order valence-corrected chi connectivity index (χ2v) is 8.26. The third-order valence-electron chi connectivity index (χ3n) is 5.88.